The molecule has 0 aliphatic heterocycles. The summed E-state index contributed by atoms with van der Waals surface area (Å²) in [5.74, 6) is 0. The highest BCUT2D eigenvalue weighted by Crippen LogP contribution is 2.31. The molecule has 0 spiro atoms. The fourth-order valence-corrected chi connectivity index (χ4v) is 2.19. The smallest absolute Gasteiger partial charge is 0.378 e. The Kier molecular flexibility index (Phi) is 4.02. The fraction of sp³-hybridized carbons (Fsp3) is 0.250. The molecule has 0 aromatic heterocycles. The van der Waals surface area contributed by atoms with E-state index < -0.39 is 11.7 Å². The summed E-state index contributed by atoms with van der Waals surface area (Å²) in [5.41, 5.74) is 2.01. The number of anilines is 1. The minimum absolute atomic E-state index is 0.0558. The normalized spacial score (nSPS) is 13.1. The Balaban J connectivity index is 2.20. The molecular weight excluding hydrogens is 263 g/mol. The maximum atomic E-state index is 12.7. The molecule has 1 nitrogen and oxygen atoms in total. The van der Waals surface area contributed by atoms with E-state index in [0.717, 1.165) is 23.3 Å². The van der Waals surface area contributed by atoms with E-state index >= 15 is 0 Å². The summed E-state index contributed by atoms with van der Waals surface area (Å²) in [6, 6.07) is 13.0. The highest BCUT2D eigenvalue weighted by molar-refractivity contribution is 5.49. The summed E-state index contributed by atoms with van der Waals surface area (Å²) < 4.78 is 38.0. The Labute approximate surface area is 116 Å². The zero-order chi connectivity index (χ0) is 14.8. The lowest BCUT2D eigenvalue weighted by atomic mass is 10.0. The van der Waals surface area contributed by atoms with Crippen molar-refractivity contribution in [2.45, 2.75) is 26.1 Å². The highest BCUT2D eigenvalue weighted by Gasteiger charge is 2.30. The van der Waals surface area contributed by atoms with E-state index in [-0.39, 0.29) is 6.04 Å². The number of alkyl halides is 3. The highest BCUT2D eigenvalue weighted by atomic mass is 19.4. The van der Waals surface area contributed by atoms with Crippen LogP contribution in [0.3, 0.4) is 0 Å². The van der Waals surface area contributed by atoms with Gasteiger partial charge in [0, 0.05) is 11.7 Å². The standard InChI is InChI=1S/C16H16F3N/c1-11-6-3-4-9-15(11)12(2)20-14-8-5-7-13(10-14)16(17,18)19/h3-10,12,20H,1-2H3. The number of hydrogen-bond acceptors (Lipinski definition) is 1. The Morgan fingerprint density at radius 2 is 1.70 bits per heavy atom. The van der Waals surface area contributed by atoms with Crippen molar-refractivity contribution in [3.63, 3.8) is 0 Å². The second kappa shape index (κ2) is 5.57. The first-order valence-corrected chi connectivity index (χ1v) is 6.37. The molecule has 1 N–H and O–H groups in total. The number of halogens is 3. The van der Waals surface area contributed by atoms with Crippen LogP contribution in [0.1, 0.15) is 29.7 Å². The summed E-state index contributed by atoms with van der Waals surface area (Å²) in [5, 5.41) is 3.11. The summed E-state index contributed by atoms with van der Waals surface area (Å²) in [4.78, 5) is 0. The Morgan fingerprint density at radius 1 is 1.00 bits per heavy atom. The molecule has 2 aromatic carbocycles. The average molecular weight is 279 g/mol. The van der Waals surface area contributed by atoms with Gasteiger partial charge in [-0.15, -0.1) is 0 Å². The third kappa shape index (κ3) is 3.32. The molecule has 0 radical (unpaired) electrons. The van der Waals surface area contributed by atoms with Crippen molar-refractivity contribution in [3.8, 4) is 0 Å². The van der Waals surface area contributed by atoms with Crippen LogP contribution in [0, 0.1) is 6.92 Å². The van der Waals surface area contributed by atoms with Gasteiger partial charge < -0.3 is 5.32 Å². The van der Waals surface area contributed by atoms with Gasteiger partial charge in [0.15, 0.2) is 0 Å². The van der Waals surface area contributed by atoms with Gasteiger partial charge in [0.05, 0.1) is 5.56 Å². The summed E-state index contributed by atoms with van der Waals surface area (Å²) >= 11 is 0. The van der Waals surface area contributed by atoms with Crippen LogP contribution in [-0.4, -0.2) is 0 Å². The van der Waals surface area contributed by atoms with E-state index in [4.69, 9.17) is 0 Å². The van der Waals surface area contributed by atoms with Gasteiger partial charge in [-0.2, -0.15) is 13.2 Å². The van der Waals surface area contributed by atoms with Gasteiger partial charge >= 0.3 is 6.18 Å². The third-order valence-corrected chi connectivity index (χ3v) is 3.23. The Bertz CT molecular complexity index is 590. The number of nitrogens with one attached hydrogen (secondary N) is 1. The Hall–Kier alpha value is -1.97. The average Bonchev–Trinajstić information content (AvgIpc) is 2.38. The molecular formula is C16H16F3N. The number of rotatable bonds is 3. The van der Waals surface area contributed by atoms with E-state index in [1.807, 2.05) is 38.1 Å². The molecule has 0 saturated heterocycles. The summed E-state index contributed by atoms with van der Waals surface area (Å²) in [6.45, 7) is 3.92. The first-order valence-electron chi connectivity index (χ1n) is 6.37. The van der Waals surface area contributed by atoms with Crippen molar-refractivity contribution in [3.05, 3.63) is 65.2 Å². The molecule has 2 aromatic rings. The van der Waals surface area contributed by atoms with Crippen LogP contribution in [0.5, 0.6) is 0 Å². The molecule has 2 rings (SSSR count). The lowest BCUT2D eigenvalue weighted by Gasteiger charge is -2.18. The van der Waals surface area contributed by atoms with E-state index in [1.54, 1.807) is 6.07 Å². The van der Waals surface area contributed by atoms with Gasteiger partial charge in [0.1, 0.15) is 0 Å². The zero-order valence-electron chi connectivity index (χ0n) is 11.3. The molecule has 4 heteroatoms. The van der Waals surface area contributed by atoms with Gasteiger partial charge in [-0.1, -0.05) is 30.3 Å². The first kappa shape index (κ1) is 14.4. The number of aryl methyl sites for hydroxylation is 1. The maximum absolute atomic E-state index is 12.7. The van der Waals surface area contributed by atoms with Crippen molar-refractivity contribution < 1.29 is 13.2 Å². The molecule has 0 heterocycles. The van der Waals surface area contributed by atoms with Crippen molar-refractivity contribution in [1.29, 1.82) is 0 Å². The van der Waals surface area contributed by atoms with Crippen LogP contribution in [0.2, 0.25) is 0 Å². The van der Waals surface area contributed by atoms with Crippen LogP contribution in [0.25, 0.3) is 0 Å². The number of hydrogen-bond donors (Lipinski definition) is 1. The molecule has 0 aliphatic carbocycles. The molecule has 0 amide bonds. The Morgan fingerprint density at radius 3 is 2.35 bits per heavy atom. The van der Waals surface area contributed by atoms with Crippen LogP contribution in [0.15, 0.2) is 48.5 Å². The van der Waals surface area contributed by atoms with Gasteiger partial charge in [-0.3, -0.25) is 0 Å². The van der Waals surface area contributed by atoms with Crippen molar-refractivity contribution >= 4 is 5.69 Å². The van der Waals surface area contributed by atoms with Gasteiger partial charge in [-0.05, 0) is 43.2 Å². The number of benzene rings is 2. The van der Waals surface area contributed by atoms with Gasteiger partial charge in [0.2, 0.25) is 0 Å². The van der Waals surface area contributed by atoms with Crippen molar-refractivity contribution in [2.24, 2.45) is 0 Å². The third-order valence-electron chi connectivity index (χ3n) is 3.23. The predicted octanol–water partition coefficient (Wildman–Crippen LogP) is 5.19. The molecule has 0 fully saturated rings. The summed E-state index contributed by atoms with van der Waals surface area (Å²) in [6.07, 6.45) is -4.32. The molecule has 1 unspecified atom stereocenters. The molecule has 106 valence electrons. The first-order chi connectivity index (χ1) is 9.38. The van der Waals surface area contributed by atoms with E-state index in [9.17, 15) is 13.2 Å². The van der Waals surface area contributed by atoms with Gasteiger partial charge in [0.25, 0.3) is 0 Å². The van der Waals surface area contributed by atoms with Crippen LogP contribution in [0.4, 0.5) is 18.9 Å². The molecule has 0 bridgehead atoms. The molecule has 1 atom stereocenters. The second-order valence-electron chi connectivity index (χ2n) is 4.80. The molecule has 0 aliphatic rings. The largest absolute Gasteiger partial charge is 0.416 e. The quantitative estimate of drug-likeness (QED) is 0.815. The predicted molar refractivity (Wildman–Crippen MR) is 74.7 cm³/mol. The van der Waals surface area contributed by atoms with Gasteiger partial charge in [-0.25, -0.2) is 0 Å². The topological polar surface area (TPSA) is 12.0 Å². The molecule has 0 saturated carbocycles. The second-order valence-corrected chi connectivity index (χ2v) is 4.80. The lowest BCUT2D eigenvalue weighted by molar-refractivity contribution is -0.137. The minimum Gasteiger partial charge on any atom is -0.378 e. The maximum Gasteiger partial charge on any atom is 0.416 e. The van der Waals surface area contributed by atoms with E-state index in [1.165, 1.54) is 6.07 Å². The minimum atomic E-state index is -4.32. The monoisotopic (exact) mass is 279 g/mol. The molecule has 20 heavy (non-hydrogen) atoms. The van der Waals surface area contributed by atoms with Crippen molar-refractivity contribution in [2.75, 3.05) is 5.32 Å². The van der Waals surface area contributed by atoms with Crippen LogP contribution >= 0.6 is 0 Å². The van der Waals surface area contributed by atoms with Crippen LogP contribution < -0.4 is 5.32 Å². The SMILES string of the molecule is Cc1ccccc1C(C)Nc1cccc(C(F)(F)F)c1. The fourth-order valence-electron chi connectivity index (χ4n) is 2.19. The lowest BCUT2D eigenvalue weighted by Crippen LogP contribution is -2.10. The summed E-state index contributed by atoms with van der Waals surface area (Å²) in [7, 11) is 0. The van der Waals surface area contributed by atoms with E-state index in [0.29, 0.717) is 5.69 Å². The van der Waals surface area contributed by atoms with Crippen LogP contribution in [-0.2, 0) is 6.18 Å². The van der Waals surface area contributed by atoms with Crippen molar-refractivity contribution in [1.82, 2.24) is 0 Å². The van der Waals surface area contributed by atoms with E-state index in [2.05, 4.69) is 5.32 Å². The zero-order valence-corrected chi connectivity index (χ0v) is 11.3.